The lowest BCUT2D eigenvalue weighted by molar-refractivity contribution is -0.119. The molecule has 0 unspecified atom stereocenters. The van der Waals surface area contributed by atoms with Crippen LogP contribution in [0, 0.1) is 12.7 Å². The number of halogens is 2. The summed E-state index contributed by atoms with van der Waals surface area (Å²) in [6.07, 6.45) is 0. The maximum Gasteiger partial charge on any atom is 0.264 e. The summed E-state index contributed by atoms with van der Waals surface area (Å²) < 4.78 is 46.1. The zero-order chi connectivity index (χ0) is 23.1. The topological polar surface area (TPSA) is 75.7 Å². The number of carbonyl (C=O) groups excluding carboxylic acids is 1. The molecule has 0 radical (unpaired) electrons. The molecular weight excluding hydrogens is 455 g/mol. The van der Waals surface area contributed by atoms with Gasteiger partial charge in [0, 0.05) is 5.02 Å². The van der Waals surface area contributed by atoms with Gasteiger partial charge in [-0.3, -0.25) is 9.10 Å². The van der Waals surface area contributed by atoms with Gasteiger partial charge in [0.05, 0.1) is 17.1 Å². The maximum absolute atomic E-state index is 13.3. The van der Waals surface area contributed by atoms with E-state index >= 15 is 0 Å². The minimum absolute atomic E-state index is 0.0256. The molecular formula is C23H22ClFN2O4S. The summed E-state index contributed by atoms with van der Waals surface area (Å²) in [6.45, 7) is 1.66. The number of anilines is 1. The number of sulfonamides is 1. The summed E-state index contributed by atoms with van der Waals surface area (Å²) in [6, 6.07) is 18.2. The second-order valence-electron chi connectivity index (χ2n) is 6.90. The predicted octanol–water partition coefficient (Wildman–Crippen LogP) is 4.18. The van der Waals surface area contributed by atoms with E-state index in [1.165, 1.54) is 48.5 Å². The second-order valence-corrected chi connectivity index (χ2v) is 9.20. The van der Waals surface area contributed by atoms with Crippen LogP contribution in [0.1, 0.15) is 5.56 Å². The third kappa shape index (κ3) is 5.99. The molecule has 3 aromatic carbocycles. The molecule has 1 N–H and O–H groups in total. The highest BCUT2D eigenvalue weighted by Gasteiger charge is 2.28. The fraction of sp³-hybridized carbons (Fsp3) is 0.174. The van der Waals surface area contributed by atoms with Gasteiger partial charge in [0.2, 0.25) is 5.91 Å². The van der Waals surface area contributed by atoms with Gasteiger partial charge in [-0.1, -0.05) is 29.8 Å². The number of aryl methyl sites for hydroxylation is 1. The van der Waals surface area contributed by atoms with Gasteiger partial charge in [-0.25, -0.2) is 12.8 Å². The summed E-state index contributed by atoms with van der Waals surface area (Å²) in [5, 5.41) is 3.06. The molecule has 6 nitrogen and oxygen atoms in total. The first kappa shape index (κ1) is 23.6. The number of hydrogen-bond acceptors (Lipinski definition) is 4. The standard InChI is InChI=1S/C23H22ClFN2O4S/c1-17-4-2-3-5-22(17)27(32(29,30)21-12-6-18(24)7-13-21)16-23(28)26-14-15-31-20-10-8-19(25)9-11-20/h2-13H,14-16H2,1H3,(H,26,28). The van der Waals surface area contributed by atoms with Crippen molar-refractivity contribution >= 4 is 33.2 Å². The Kier molecular flexibility index (Phi) is 7.71. The van der Waals surface area contributed by atoms with E-state index in [0.717, 1.165) is 4.31 Å². The number of carbonyl (C=O) groups is 1. The molecule has 1 amide bonds. The summed E-state index contributed by atoms with van der Waals surface area (Å²) >= 11 is 5.89. The first-order chi connectivity index (χ1) is 15.3. The summed E-state index contributed by atoms with van der Waals surface area (Å²) in [5.41, 5.74) is 1.11. The Morgan fingerprint density at radius 1 is 1.03 bits per heavy atom. The van der Waals surface area contributed by atoms with Crippen LogP contribution < -0.4 is 14.4 Å². The van der Waals surface area contributed by atoms with E-state index in [0.29, 0.717) is 22.0 Å². The molecule has 3 rings (SSSR count). The lowest BCUT2D eigenvalue weighted by Gasteiger charge is -2.25. The van der Waals surface area contributed by atoms with E-state index < -0.39 is 22.5 Å². The van der Waals surface area contributed by atoms with Crippen LogP contribution in [0.2, 0.25) is 5.02 Å². The first-order valence-electron chi connectivity index (χ1n) is 9.76. The molecule has 0 aliphatic carbocycles. The monoisotopic (exact) mass is 476 g/mol. The number of nitrogens with one attached hydrogen (secondary N) is 1. The highest BCUT2D eigenvalue weighted by atomic mass is 35.5. The lowest BCUT2D eigenvalue weighted by atomic mass is 10.2. The van der Waals surface area contributed by atoms with E-state index in [2.05, 4.69) is 5.32 Å². The van der Waals surface area contributed by atoms with Gasteiger partial charge in [0.15, 0.2) is 0 Å². The fourth-order valence-corrected chi connectivity index (χ4v) is 4.56. The molecule has 32 heavy (non-hydrogen) atoms. The van der Waals surface area contributed by atoms with Gasteiger partial charge >= 0.3 is 0 Å². The van der Waals surface area contributed by atoms with Crippen LogP contribution in [-0.4, -0.2) is 34.0 Å². The largest absolute Gasteiger partial charge is 0.492 e. The van der Waals surface area contributed by atoms with Gasteiger partial charge in [0.25, 0.3) is 10.0 Å². The van der Waals surface area contributed by atoms with Crippen molar-refractivity contribution in [3.05, 3.63) is 89.2 Å². The van der Waals surface area contributed by atoms with Gasteiger partial charge in [0.1, 0.15) is 24.7 Å². The van der Waals surface area contributed by atoms with Crippen molar-refractivity contribution in [1.29, 1.82) is 0 Å². The van der Waals surface area contributed by atoms with Crippen LogP contribution in [0.15, 0.2) is 77.7 Å². The van der Waals surface area contributed by atoms with Gasteiger partial charge in [-0.2, -0.15) is 0 Å². The first-order valence-corrected chi connectivity index (χ1v) is 11.6. The molecule has 0 atom stereocenters. The van der Waals surface area contributed by atoms with Crippen LogP contribution in [0.3, 0.4) is 0 Å². The minimum Gasteiger partial charge on any atom is -0.492 e. The third-order valence-corrected chi connectivity index (χ3v) is 6.61. The third-order valence-electron chi connectivity index (χ3n) is 4.58. The highest BCUT2D eigenvalue weighted by molar-refractivity contribution is 7.92. The van der Waals surface area contributed by atoms with Crippen LogP contribution in [0.4, 0.5) is 10.1 Å². The molecule has 0 saturated heterocycles. The average molecular weight is 477 g/mol. The van der Waals surface area contributed by atoms with Crippen molar-refractivity contribution in [2.24, 2.45) is 0 Å². The Bertz CT molecular complexity index is 1170. The van der Waals surface area contributed by atoms with Gasteiger partial charge in [-0.05, 0) is 67.1 Å². The minimum atomic E-state index is -4.02. The number of para-hydroxylation sites is 1. The van der Waals surface area contributed by atoms with Crippen molar-refractivity contribution in [3.63, 3.8) is 0 Å². The number of amides is 1. The number of hydrogen-bond donors (Lipinski definition) is 1. The van der Waals surface area contributed by atoms with Crippen molar-refractivity contribution in [3.8, 4) is 5.75 Å². The zero-order valence-electron chi connectivity index (χ0n) is 17.3. The SMILES string of the molecule is Cc1ccccc1N(CC(=O)NCCOc1ccc(F)cc1)S(=O)(=O)c1ccc(Cl)cc1. The van der Waals surface area contributed by atoms with Gasteiger partial charge < -0.3 is 10.1 Å². The van der Waals surface area contributed by atoms with Crippen molar-refractivity contribution in [2.45, 2.75) is 11.8 Å². The number of ether oxygens (including phenoxy) is 1. The molecule has 168 valence electrons. The lowest BCUT2D eigenvalue weighted by Crippen LogP contribution is -2.42. The van der Waals surface area contributed by atoms with Crippen molar-refractivity contribution in [1.82, 2.24) is 5.32 Å². The zero-order valence-corrected chi connectivity index (χ0v) is 18.9. The molecule has 0 aromatic heterocycles. The second kappa shape index (κ2) is 10.5. The quantitative estimate of drug-likeness (QED) is 0.470. The van der Waals surface area contributed by atoms with E-state index in [1.807, 2.05) is 0 Å². The Hall–Kier alpha value is -3.10. The van der Waals surface area contributed by atoms with Crippen LogP contribution in [-0.2, 0) is 14.8 Å². The summed E-state index contributed by atoms with van der Waals surface area (Å²) in [7, 11) is -4.02. The smallest absolute Gasteiger partial charge is 0.264 e. The van der Waals surface area contributed by atoms with Crippen LogP contribution in [0.25, 0.3) is 0 Å². The molecule has 0 fully saturated rings. The Morgan fingerprint density at radius 2 is 1.69 bits per heavy atom. The highest BCUT2D eigenvalue weighted by Crippen LogP contribution is 2.27. The van der Waals surface area contributed by atoms with E-state index in [4.69, 9.17) is 16.3 Å². The average Bonchev–Trinajstić information content (AvgIpc) is 2.77. The molecule has 3 aromatic rings. The molecule has 0 spiro atoms. The Labute approximate surface area is 191 Å². The van der Waals surface area contributed by atoms with E-state index in [-0.39, 0.29) is 23.9 Å². The van der Waals surface area contributed by atoms with Crippen LogP contribution >= 0.6 is 11.6 Å². The molecule has 0 aliphatic rings. The summed E-state index contributed by atoms with van der Waals surface area (Å²) in [4.78, 5) is 12.6. The van der Waals surface area contributed by atoms with E-state index in [1.54, 1.807) is 31.2 Å². The van der Waals surface area contributed by atoms with Crippen molar-refractivity contribution < 1.29 is 22.3 Å². The molecule has 0 saturated carbocycles. The molecule has 9 heteroatoms. The Balaban J connectivity index is 1.71. The molecule has 0 aliphatic heterocycles. The van der Waals surface area contributed by atoms with Gasteiger partial charge in [-0.15, -0.1) is 0 Å². The Morgan fingerprint density at radius 3 is 2.34 bits per heavy atom. The summed E-state index contributed by atoms with van der Waals surface area (Å²) in [5.74, 6) is -0.398. The predicted molar refractivity (Wildman–Crippen MR) is 122 cm³/mol. The number of benzene rings is 3. The normalized spacial score (nSPS) is 11.1. The number of rotatable bonds is 9. The van der Waals surface area contributed by atoms with E-state index in [9.17, 15) is 17.6 Å². The van der Waals surface area contributed by atoms with Crippen LogP contribution in [0.5, 0.6) is 5.75 Å². The molecule has 0 heterocycles. The fourth-order valence-electron chi connectivity index (χ4n) is 2.95. The number of nitrogens with zero attached hydrogens (tertiary/aromatic N) is 1. The molecule has 0 bridgehead atoms. The van der Waals surface area contributed by atoms with Crippen molar-refractivity contribution in [2.75, 3.05) is 24.0 Å². The maximum atomic E-state index is 13.3.